The van der Waals surface area contributed by atoms with Gasteiger partial charge in [-0.3, -0.25) is 4.90 Å². The van der Waals surface area contributed by atoms with E-state index in [4.69, 9.17) is 4.42 Å². The number of hydrogen-bond donors (Lipinski definition) is 0. The third-order valence-electron chi connectivity index (χ3n) is 3.38. The molecule has 2 aromatic rings. The molecule has 0 unspecified atom stereocenters. The Labute approximate surface area is 95.9 Å². The lowest BCUT2D eigenvalue weighted by molar-refractivity contribution is 0.221. The lowest BCUT2D eigenvalue weighted by Crippen LogP contribution is -2.28. The predicted octanol–water partition coefficient (Wildman–Crippen LogP) is 3.42. The number of benzene rings is 1. The second-order valence-corrected chi connectivity index (χ2v) is 4.63. The fourth-order valence-electron chi connectivity index (χ4n) is 2.47. The number of likely N-dealkylation sites (tertiary alicyclic amines) is 1. The molecule has 1 aliphatic heterocycles. The van der Waals surface area contributed by atoms with Gasteiger partial charge < -0.3 is 4.42 Å². The number of furan rings is 1. The van der Waals surface area contributed by atoms with E-state index in [2.05, 4.69) is 23.1 Å². The van der Waals surface area contributed by atoms with Crippen LogP contribution in [0.3, 0.4) is 0 Å². The van der Waals surface area contributed by atoms with E-state index in [1.165, 1.54) is 43.3 Å². The summed E-state index contributed by atoms with van der Waals surface area (Å²) in [6, 6.07) is 8.55. The Morgan fingerprint density at radius 3 is 2.81 bits per heavy atom. The predicted molar refractivity (Wildman–Crippen MR) is 65.3 cm³/mol. The molecule has 0 bridgehead atoms. The van der Waals surface area contributed by atoms with E-state index in [-0.39, 0.29) is 0 Å². The van der Waals surface area contributed by atoms with Crippen LogP contribution in [0, 0.1) is 0 Å². The molecule has 1 aromatic carbocycles. The molecule has 2 nitrogen and oxygen atoms in total. The van der Waals surface area contributed by atoms with Crippen LogP contribution in [0.25, 0.3) is 11.0 Å². The Kier molecular flexibility index (Phi) is 2.66. The van der Waals surface area contributed by atoms with Crippen molar-refractivity contribution in [3.63, 3.8) is 0 Å². The molecule has 0 spiro atoms. The van der Waals surface area contributed by atoms with Gasteiger partial charge in [0.2, 0.25) is 0 Å². The topological polar surface area (TPSA) is 16.4 Å². The van der Waals surface area contributed by atoms with Crippen LogP contribution in [0.2, 0.25) is 0 Å². The molecule has 84 valence electrons. The van der Waals surface area contributed by atoms with Crippen molar-refractivity contribution < 1.29 is 4.42 Å². The summed E-state index contributed by atoms with van der Waals surface area (Å²) in [5.74, 6) is 0. The second kappa shape index (κ2) is 4.30. The van der Waals surface area contributed by atoms with Crippen LogP contribution in [0.4, 0.5) is 0 Å². The van der Waals surface area contributed by atoms with Crippen molar-refractivity contribution >= 4 is 11.0 Å². The Balaban J connectivity index is 1.77. The third kappa shape index (κ3) is 1.98. The first kappa shape index (κ1) is 9.91. The highest BCUT2D eigenvalue weighted by molar-refractivity contribution is 5.77. The minimum Gasteiger partial charge on any atom is -0.464 e. The summed E-state index contributed by atoms with van der Waals surface area (Å²) in [4.78, 5) is 2.54. The van der Waals surface area contributed by atoms with Gasteiger partial charge in [-0.15, -0.1) is 0 Å². The van der Waals surface area contributed by atoms with E-state index in [1.54, 1.807) is 6.26 Å². The van der Waals surface area contributed by atoms with Gasteiger partial charge in [0.05, 0.1) is 6.26 Å². The zero-order valence-corrected chi connectivity index (χ0v) is 9.48. The van der Waals surface area contributed by atoms with Crippen molar-refractivity contribution in [1.82, 2.24) is 4.90 Å². The van der Waals surface area contributed by atoms with Gasteiger partial charge in [-0.1, -0.05) is 18.6 Å². The lowest BCUT2D eigenvalue weighted by Gasteiger charge is -2.26. The molecule has 0 amide bonds. The first-order valence-corrected chi connectivity index (χ1v) is 6.10. The second-order valence-electron chi connectivity index (χ2n) is 4.63. The molecule has 0 atom stereocenters. The van der Waals surface area contributed by atoms with Crippen LogP contribution in [0.5, 0.6) is 0 Å². The van der Waals surface area contributed by atoms with Crippen LogP contribution in [0.15, 0.2) is 34.9 Å². The molecule has 16 heavy (non-hydrogen) atoms. The minimum atomic E-state index is 1.01. The summed E-state index contributed by atoms with van der Waals surface area (Å²) in [6.45, 7) is 3.56. The molecule has 1 saturated heterocycles. The Hall–Kier alpha value is -1.28. The first-order valence-electron chi connectivity index (χ1n) is 6.10. The quantitative estimate of drug-likeness (QED) is 0.763. The SMILES string of the molecule is c1cc2ccc(CN3CCCCC3)cc2o1. The van der Waals surface area contributed by atoms with Crippen molar-refractivity contribution in [3.8, 4) is 0 Å². The van der Waals surface area contributed by atoms with Gasteiger partial charge in [-0.25, -0.2) is 0 Å². The molecule has 2 heterocycles. The molecule has 0 aliphatic carbocycles. The van der Waals surface area contributed by atoms with E-state index in [0.29, 0.717) is 0 Å². The van der Waals surface area contributed by atoms with E-state index >= 15 is 0 Å². The molecule has 1 aromatic heterocycles. The van der Waals surface area contributed by atoms with E-state index in [1.807, 2.05) is 6.07 Å². The average Bonchev–Trinajstić information content (AvgIpc) is 2.77. The van der Waals surface area contributed by atoms with Crippen LogP contribution in [-0.4, -0.2) is 18.0 Å². The lowest BCUT2D eigenvalue weighted by atomic mass is 10.1. The van der Waals surface area contributed by atoms with Crippen molar-refractivity contribution in [1.29, 1.82) is 0 Å². The van der Waals surface area contributed by atoms with Gasteiger partial charge in [-0.2, -0.15) is 0 Å². The summed E-state index contributed by atoms with van der Waals surface area (Å²) in [5, 5.41) is 1.20. The van der Waals surface area contributed by atoms with Crippen molar-refractivity contribution in [3.05, 3.63) is 36.1 Å². The highest BCUT2D eigenvalue weighted by Crippen LogP contribution is 2.19. The molecular formula is C14H17NO. The number of piperidine rings is 1. The summed E-state index contributed by atoms with van der Waals surface area (Å²) >= 11 is 0. The number of rotatable bonds is 2. The van der Waals surface area contributed by atoms with Crippen LogP contribution in [0.1, 0.15) is 24.8 Å². The highest BCUT2D eigenvalue weighted by atomic mass is 16.3. The van der Waals surface area contributed by atoms with Crippen molar-refractivity contribution in [2.24, 2.45) is 0 Å². The smallest absolute Gasteiger partial charge is 0.134 e. The maximum atomic E-state index is 5.43. The summed E-state index contributed by atoms with van der Waals surface area (Å²) in [5.41, 5.74) is 2.37. The number of nitrogens with zero attached hydrogens (tertiary/aromatic N) is 1. The van der Waals surface area contributed by atoms with E-state index < -0.39 is 0 Å². The molecule has 2 heteroatoms. The monoisotopic (exact) mass is 215 g/mol. The van der Waals surface area contributed by atoms with E-state index in [9.17, 15) is 0 Å². The Morgan fingerprint density at radius 1 is 1.06 bits per heavy atom. The molecule has 1 fully saturated rings. The van der Waals surface area contributed by atoms with Gasteiger partial charge in [0.1, 0.15) is 5.58 Å². The van der Waals surface area contributed by atoms with E-state index in [0.717, 1.165) is 12.1 Å². The number of hydrogen-bond acceptors (Lipinski definition) is 2. The van der Waals surface area contributed by atoms with Gasteiger partial charge in [-0.05, 0) is 43.6 Å². The van der Waals surface area contributed by atoms with Crippen LogP contribution >= 0.6 is 0 Å². The fourth-order valence-corrected chi connectivity index (χ4v) is 2.47. The average molecular weight is 215 g/mol. The Morgan fingerprint density at radius 2 is 1.94 bits per heavy atom. The summed E-state index contributed by atoms with van der Waals surface area (Å²) in [6.07, 6.45) is 5.86. The largest absolute Gasteiger partial charge is 0.464 e. The highest BCUT2D eigenvalue weighted by Gasteiger charge is 2.10. The number of fused-ring (bicyclic) bond motifs is 1. The summed E-state index contributed by atoms with van der Waals surface area (Å²) < 4.78 is 5.43. The standard InChI is InChI=1S/C14H17NO/c1-2-7-15(8-3-1)11-12-4-5-13-6-9-16-14(13)10-12/h4-6,9-10H,1-3,7-8,11H2. The molecule has 1 aliphatic rings. The Bertz CT molecular complexity index is 468. The molecular weight excluding hydrogens is 198 g/mol. The normalized spacial score (nSPS) is 18.0. The summed E-state index contributed by atoms with van der Waals surface area (Å²) in [7, 11) is 0. The maximum Gasteiger partial charge on any atom is 0.134 e. The minimum absolute atomic E-state index is 1.01. The van der Waals surface area contributed by atoms with Gasteiger partial charge in [0.25, 0.3) is 0 Å². The first-order chi connectivity index (χ1) is 7.92. The van der Waals surface area contributed by atoms with Gasteiger partial charge in [0.15, 0.2) is 0 Å². The zero-order chi connectivity index (χ0) is 10.8. The van der Waals surface area contributed by atoms with Crippen LogP contribution in [-0.2, 0) is 6.54 Å². The van der Waals surface area contributed by atoms with Crippen molar-refractivity contribution in [2.45, 2.75) is 25.8 Å². The molecule has 0 radical (unpaired) electrons. The van der Waals surface area contributed by atoms with Crippen molar-refractivity contribution in [2.75, 3.05) is 13.1 Å². The molecule has 3 rings (SSSR count). The fraction of sp³-hybridized carbons (Fsp3) is 0.429. The maximum absolute atomic E-state index is 5.43. The molecule has 0 N–H and O–H groups in total. The van der Waals surface area contributed by atoms with Gasteiger partial charge >= 0.3 is 0 Å². The zero-order valence-electron chi connectivity index (χ0n) is 9.48. The van der Waals surface area contributed by atoms with Crippen LogP contribution < -0.4 is 0 Å². The van der Waals surface area contributed by atoms with Gasteiger partial charge in [0, 0.05) is 11.9 Å². The molecule has 0 saturated carbocycles. The third-order valence-corrected chi connectivity index (χ3v) is 3.38.